The molecule has 9 heteroatoms. The lowest BCUT2D eigenvalue weighted by atomic mass is 10.0. The molecule has 1 saturated heterocycles. The van der Waals surface area contributed by atoms with E-state index in [4.69, 9.17) is 9.26 Å². The Bertz CT molecular complexity index is 953. The molecule has 2 aromatic heterocycles. The molecule has 0 bridgehead atoms. The van der Waals surface area contributed by atoms with E-state index in [2.05, 4.69) is 20.3 Å². The topological polar surface area (TPSA) is 97.1 Å². The Kier molecular flexibility index (Phi) is 5.05. The maximum absolute atomic E-state index is 12.9. The molecule has 0 saturated carbocycles. The van der Waals surface area contributed by atoms with Crippen LogP contribution >= 0.6 is 0 Å². The van der Waals surface area contributed by atoms with Crippen LogP contribution in [0.4, 0.5) is 4.39 Å². The average Bonchev–Trinajstić information content (AvgIpc) is 3.36. The molecule has 4 rings (SSSR count). The van der Waals surface area contributed by atoms with Crippen LogP contribution in [0, 0.1) is 12.7 Å². The molecule has 3 aromatic rings. The van der Waals surface area contributed by atoms with E-state index >= 15 is 0 Å². The van der Waals surface area contributed by atoms with Crippen molar-refractivity contribution in [1.82, 2.24) is 25.2 Å². The maximum atomic E-state index is 12.9. The standard InChI is InChI=1S/C19H20FN5O3/c1-12-10-15(23-22-12)19(26)25-9-3-2-4-16(25)18-21-17(28-24-18)11-27-14-7-5-13(20)6-8-14/h5-8,10,16H,2-4,9,11H2,1H3,(H,22,23). The molecule has 1 amide bonds. The van der Waals surface area contributed by atoms with Gasteiger partial charge in [-0.05, 0) is 56.5 Å². The molecular formula is C19H20FN5O3. The molecule has 1 atom stereocenters. The van der Waals surface area contributed by atoms with E-state index in [1.807, 2.05) is 6.92 Å². The summed E-state index contributed by atoms with van der Waals surface area (Å²) in [6.45, 7) is 2.53. The number of nitrogens with one attached hydrogen (secondary N) is 1. The molecule has 0 spiro atoms. The molecule has 1 N–H and O–H groups in total. The Morgan fingerprint density at radius 1 is 1.36 bits per heavy atom. The Balaban J connectivity index is 1.46. The van der Waals surface area contributed by atoms with Gasteiger partial charge in [0.05, 0.1) is 6.04 Å². The summed E-state index contributed by atoms with van der Waals surface area (Å²) in [5.74, 6) is 0.778. The SMILES string of the molecule is Cc1cc(C(=O)N2CCCCC2c2noc(COc3ccc(F)cc3)n2)n[nH]1. The monoisotopic (exact) mass is 385 g/mol. The molecule has 146 valence electrons. The van der Waals surface area contributed by atoms with Gasteiger partial charge in [-0.25, -0.2) is 4.39 Å². The minimum Gasteiger partial charge on any atom is -0.484 e. The number of benzene rings is 1. The van der Waals surface area contributed by atoms with Gasteiger partial charge in [-0.3, -0.25) is 9.89 Å². The smallest absolute Gasteiger partial charge is 0.274 e. The number of halogens is 1. The minimum atomic E-state index is -0.332. The Hall–Kier alpha value is -3.23. The zero-order valence-electron chi connectivity index (χ0n) is 15.4. The summed E-state index contributed by atoms with van der Waals surface area (Å²) in [6.07, 6.45) is 2.65. The Labute approximate surface area is 160 Å². The second-order valence-corrected chi connectivity index (χ2v) is 6.74. The number of H-pyrrole nitrogens is 1. The third-order valence-electron chi connectivity index (χ3n) is 4.65. The van der Waals surface area contributed by atoms with Crippen molar-refractivity contribution in [3.63, 3.8) is 0 Å². The summed E-state index contributed by atoms with van der Waals surface area (Å²) >= 11 is 0. The molecule has 0 radical (unpaired) electrons. The van der Waals surface area contributed by atoms with E-state index in [1.165, 1.54) is 24.3 Å². The molecule has 1 aromatic carbocycles. The molecule has 1 aliphatic rings. The van der Waals surface area contributed by atoms with E-state index in [1.54, 1.807) is 11.0 Å². The van der Waals surface area contributed by atoms with Gasteiger partial charge < -0.3 is 14.2 Å². The van der Waals surface area contributed by atoms with Gasteiger partial charge in [-0.15, -0.1) is 0 Å². The highest BCUT2D eigenvalue weighted by Gasteiger charge is 2.33. The molecule has 28 heavy (non-hydrogen) atoms. The largest absolute Gasteiger partial charge is 0.484 e. The number of carbonyl (C=O) groups excluding carboxylic acids is 1. The maximum Gasteiger partial charge on any atom is 0.274 e. The van der Waals surface area contributed by atoms with Crippen molar-refractivity contribution in [3.05, 3.63) is 59.3 Å². The lowest BCUT2D eigenvalue weighted by Gasteiger charge is -2.33. The highest BCUT2D eigenvalue weighted by molar-refractivity contribution is 5.92. The molecule has 1 fully saturated rings. The van der Waals surface area contributed by atoms with Crippen LogP contribution in [0.2, 0.25) is 0 Å². The fourth-order valence-corrected chi connectivity index (χ4v) is 3.26. The van der Waals surface area contributed by atoms with Crippen molar-refractivity contribution in [1.29, 1.82) is 0 Å². The first kappa shape index (κ1) is 18.1. The summed E-state index contributed by atoms with van der Waals surface area (Å²) in [5, 5.41) is 10.9. The van der Waals surface area contributed by atoms with Gasteiger partial charge in [0.25, 0.3) is 11.8 Å². The van der Waals surface area contributed by atoms with Crippen LogP contribution in [0.15, 0.2) is 34.9 Å². The first-order chi connectivity index (χ1) is 13.6. The van der Waals surface area contributed by atoms with Gasteiger partial charge in [0.1, 0.15) is 17.3 Å². The van der Waals surface area contributed by atoms with E-state index in [-0.39, 0.29) is 24.4 Å². The van der Waals surface area contributed by atoms with Crippen molar-refractivity contribution in [2.24, 2.45) is 0 Å². The van der Waals surface area contributed by atoms with Gasteiger partial charge >= 0.3 is 0 Å². The molecule has 3 heterocycles. The third kappa shape index (κ3) is 3.88. The summed E-state index contributed by atoms with van der Waals surface area (Å²) in [5.41, 5.74) is 1.21. The number of piperidine rings is 1. The van der Waals surface area contributed by atoms with Gasteiger partial charge in [0.2, 0.25) is 0 Å². The summed E-state index contributed by atoms with van der Waals surface area (Å²) < 4.78 is 23.8. The quantitative estimate of drug-likeness (QED) is 0.724. The predicted molar refractivity (Wildman–Crippen MR) is 96.0 cm³/mol. The third-order valence-corrected chi connectivity index (χ3v) is 4.65. The lowest BCUT2D eigenvalue weighted by molar-refractivity contribution is 0.0590. The number of ether oxygens (including phenoxy) is 1. The second-order valence-electron chi connectivity index (χ2n) is 6.74. The van der Waals surface area contributed by atoms with Crippen LogP contribution in [-0.4, -0.2) is 37.7 Å². The predicted octanol–water partition coefficient (Wildman–Crippen LogP) is 3.19. The number of aryl methyl sites for hydroxylation is 1. The van der Waals surface area contributed by atoms with E-state index in [9.17, 15) is 9.18 Å². The minimum absolute atomic E-state index is 0.0673. The fraction of sp³-hybridized carbons (Fsp3) is 0.368. The molecule has 0 aliphatic carbocycles. The number of aromatic amines is 1. The number of likely N-dealkylation sites (tertiary alicyclic amines) is 1. The normalized spacial score (nSPS) is 16.9. The number of carbonyl (C=O) groups is 1. The van der Waals surface area contributed by atoms with Gasteiger partial charge in [0.15, 0.2) is 12.4 Å². The van der Waals surface area contributed by atoms with Crippen LogP contribution < -0.4 is 4.74 Å². The van der Waals surface area contributed by atoms with Gasteiger partial charge in [-0.1, -0.05) is 5.16 Å². The number of hydrogen-bond donors (Lipinski definition) is 1. The number of amides is 1. The number of hydrogen-bond acceptors (Lipinski definition) is 6. The Morgan fingerprint density at radius 3 is 2.93 bits per heavy atom. The van der Waals surface area contributed by atoms with Crippen molar-refractivity contribution in [3.8, 4) is 5.75 Å². The molecule has 1 aliphatic heterocycles. The van der Waals surface area contributed by atoms with E-state index in [0.717, 1.165) is 25.0 Å². The molecule has 8 nitrogen and oxygen atoms in total. The van der Waals surface area contributed by atoms with Crippen LogP contribution in [0.5, 0.6) is 5.75 Å². The summed E-state index contributed by atoms with van der Waals surface area (Å²) in [4.78, 5) is 19.0. The van der Waals surface area contributed by atoms with Crippen molar-refractivity contribution in [2.75, 3.05) is 6.54 Å². The lowest BCUT2D eigenvalue weighted by Crippen LogP contribution is -2.39. The van der Waals surface area contributed by atoms with E-state index < -0.39 is 0 Å². The highest BCUT2D eigenvalue weighted by Crippen LogP contribution is 2.30. The second kappa shape index (κ2) is 7.79. The number of aromatic nitrogens is 4. The van der Waals surface area contributed by atoms with E-state index in [0.29, 0.717) is 29.7 Å². The molecule has 1 unspecified atom stereocenters. The zero-order valence-corrected chi connectivity index (χ0v) is 15.4. The molecular weight excluding hydrogens is 365 g/mol. The van der Waals surface area contributed by atoms with Crippen LogP contribution in [0.1, 0.15) is 53.2 Å². The average molecular weight is 385 g/mol. The Morgan fingerprint density at radius 2 is 2.18 bits per heavy atom. The number of rotatable bonds is 5. The zero-order chi connectivity index (χ0) is 19.5. The van der Waals surface area contributed by atoms with Crippen LogP contribution in [0.3, 0.4) is 0 Å². The van der Waals surface area contributed by atoms with Crippen molar-refractivity contribution < 1.29 is 18.4 Å². The van der Waals surface area contributed by atoms with Crippen LogP contribution in [0.25, 0.3) is 0 Å². The first-order valence-electron chi connectivity index (χ1n) is 9.14. The van der Waals surface area contributed by atoms with Crippen LogP contribution in [-0.2, 0) is 6.61 Å². The van der Waals surface area contributed by atoms with Gasteiger partial charge in [-0.2, -0.15) is 10.1 Å². The highest BCUT2D eigenvalue weighted by atomic mass is 19.1. The van der Waals surface area contributed by atoms with Crippen molar-refractivity contribution in [2.45, 2.75) is 38.8 Å². The summed E-state index contributed by atoms with van der Waals surface area (Å²) in [6, 6.07) is 7.15. The number of nitrogens with zero attached hydrogens (tertiary/aromatic N) is 4. The fourth-order valence-electron chi connectivity index (χ4n) is 3.26. The summed E-state index contributed by atoms with van der Waals surface area (Å²) in [7, 11) is 0. The van der Waals surface area contributed by atoms with Crippen molar-refractivity contribution >= 4 is 5.91 Å². The first-order valence-corrected chi connectivity index (χ1v) is 9.14. The van der Waals surface area contributed by atoms with Gasteiger partial charge in [0, 0.05) is 12.2 Å².